The van der Waals surface area contributed by atoms with E-state index in [1.165, 1.54) is 4.88 Å². The van der Waals surface area contributed by atoms with E-state index in [2.05, 4.69) is 5.32 Å². The Labute approximate surface area is 88.3 Å². The van der Waals surface area contributed by atoms with Crippen molar-refractivity contribution in [3.8, 4) is 0 Å². The fourth-order valence-electron chi connectivity index (χ4n) is 1.98. The first-order valence-corrected chi connectivity index (χ1v) is 6.11. The summed E-state index contributed by atoms with van der Waals surface area (Å²) in [7, 11) is 0. The zero-order chi connectivity index (χ0) is 9.80. The Balaban J connectivity index is 1.85. The van der Waals surface area contributed by atoms with Crippen molar-refractivity contribution in [2.75, 3.05) is 13.1 Å². The van der Waals surface area contributed by atoms with Crippen LogP contribution in [0.15, 0.2) is 17.5 Å². The number of alkyl halides is 1. The van der Waals surface area contributed by atoms with E-state index >= 15 is 0 Å². The van der Waals surface area contributed by atoms with Gasteiger partial charge in [-0.2, -0.15) is 0 Å². The molecule has 2 heterocycles. The van der Waals surface area contributed by atoms with Crippen LogP contribution >= 0.6 is 11.3 Å². The summed E-state index contributed by atoms with van der Waals surface area (Å²) in [4.78, 5) is 1.17. The molecule has 1 nitrogen and oxygen atoms in total. The van der Waals surface area contributed by atoms with Crippen molar-refractivity contribution in [1.82, 2.24) is 5.32 Å². The Kier molecular flexibility index (Phi) is 3.54. The van der Waals surface area contributed by atoms with Gasteiger partial charge in [0.1, 0.15) is 6.17 Å². The number of hydrogen-bond donors (Lipinski definition) is 1. The highest BCUT2D eigenvalue weighted by molar-refractivity contribution is 7.09. The second-order valence-electron chi connectivity index (χ2n) is 3.91. The predicted octanol–water partition coefficient (Wildman–Crippen LogP) is 2.63. The first-order valence-electron chi connectivity index (χ1n) is 5.23. The van der Waals surface area contributed by atoms with Gasteiger partial charge in [-0.25, -0.2) is 4.39 Å². The average Bonchev–Trinajstić information content (AvgIpc) is 2.72. The molecule has 0 aromatic carbocycles. The number of rotatable bonds is 3. The number of nitrogens with one attached hydrogen (secondary N) is 1. The molecule has 0 aliphatic carbocycles. The maximum Gasteiger partial charge on any atom is 0.109 e. The lowest BCUT2D eigenvalue weighted by Crippen LogP contribution is -2.35. The fourth-order valence-corrected chi connectivity index (χ4v) is 2.72. The average molecular weight is 213 g/mol. The van der Waals surface area contributed by atoms with Crippen molar-refractivity contribution in [1.29, 1.82) is 0 Å². The second kappa shape index (κ2) is 4.89. The van der Waals surface area contributed by atoms with Crippen molar-refractivity contribution < 1.29 is 4.39 Å². The second-order valence-corrected chi connectivity index (χ2v) is 4.94. The van der Waals surface area contributed by atoms with Crippen molar-refractivity contribution >= 4 is 11.3 Å². The molecule has 1 aromatic rings. The van der Waals surface area contributed by atoms with Crippen LogP contribution < -0.4 is 5.32 Å². The van der Waals surface area contributed by atoms with E-state index < -0.39 is 6.17 Å². The SMILES string of the molecule is FC(Cc1cccs1)C1CCCNC1. The summed E-state index contributed by atoms with van der Waals surface area (Å²) in [5, 5.41) is 5.27. The van der Waals surface area contributed by atoms with Gasteiger partial charge in [-0.1, -0.05) is 6.07 Å². The minimum Gasteiger partial charge on any atom is -0.316 e. The highest BCUT2D eigenvalue weighted by Gasteiger charge is 2.23. The van der Waals surface area contributed by atoms with Crippen LogP contribution in [-0.4, -0.2) is 19.3 Å². The molecule has 3 heteroatoms. The van der Waals surface area contributed by atoms with E-state index in [1.807, 2.05) is 17.5 Å². The predicted molar refractivity (Wildman–Crippen MR) is 58.5 cm³/mol. The van der Waals surface area contributed by atoms with Gasteiger partial charge in [-0.05, 0) is 30.8 Å². The lowest BCUT2D eigenvalue weighted by molar-refractivity contribution is 0.192. The summed E-state index contributed by atoms with van der Waals surface area (Å²) in [6.45, 7) is 1.91. The third-order valence-corrected chi connectivity index (χ3v) is 3.72. The molecular weight excluding hydrogens is 197 g/mol. The highest BCUT2D eigenvalue weighted by Crippen LogP contribution is 2.22. The molecule has 1 saturated heterocycles. The highest BCUT2D eigenvalue weighted by atomic mass is 32.1. The molecule has 0 amide bonds. The smallest absolute Gasteiger partial charge is 0.109 e. The van der Waals surface area contributed by atoms with E-state index in [1.54, 1.807) is 11.3 Å². The number of hydrogen-bond acceptors (Lipinski definition) is 2. The van der Waals surface area contributed by atoms with Crippen molar-refractivity contribution in [3.63, 3.8) is 0 Å². The molecule has 2 rings (SSSR count). The van der Waals surface area contributed by atoms with E-state index in [-0.39, 0.29) is 5.92 Å². The Morgan fingerprint density at radius 1 is 1.64 bits per heavy atom. The van der Waals surface area contributed by atoms with Crippen LogP contribution in [0.5, 0.6) is 0 Å². The van der Waals surface area contributed by atoms with Gasteiger partial charge in [0.25, 0.3) is 0 Å². The summed E-state index contributed by atoms with van der Waals surface area (Å²) in [5.74, 6) is 0.228. The first-order chi connectivity index (χ1) is 6.86. The molecule has 1 N–H and O–H groups in total. The Morgan fingerprint density at radius 2 is 2.57 bits per heavy atom. The van der Waals surface area contributed by atoms with Crippen LogP contribution in [0.3, 0.4) is 0 Å². The van der Waals surface area contributed by atoms with E-state index in [0.29, 0.717) is 6.42 Å². The number of thiophene rings is 1. The summed E-state index contributed by atoms with van der Waals surface area (Å²) in [6, 6.07) is 4.01. The quantitative estimate of drug-likeness (QED) is 0.814. The standard InChI is InChI=1S/C11H16FNS/c12-11(7-10-4-2-6-14-10)9-3-1-5-13-8-9/h2,4,6,9,11,13H,1,3,5,7-8H2. The zero-order valence-electron chi connectivity index (χ0n) is 8.21. The van der Waals surface area contributed by atoms with E-state index in [4.69, 9.17) is 0 Å². The maximum absolute atomic E-state index is 13.8. The third-order valence-electron chi connectivity index (χ3n) is 2.82. The van der Waals surface area contributed by atoms with E-state index in [9.17, 15) is 4.39 Å². The Hall–Kier alpha value is -0.410. The Morgan fingerprint density at radius 3 is 3.21 bits per heavy atom. The first kappa shape index (κ1) is 10.1. The van der Waals surface area contributed by atoms with Crippen LogP contribution in [-0.2, 0) is 6.42 Å². The molecule has 1 aromatic heterocycles. The van der Waals surface area contributed by atoms with Gasteiger partial charge < -0.3 is 5.32 Å². The third kappa shape index (κ3) is 2.55. The monoisotopic (exact) mass is 213 g/mol. The molecule has 1 fully saturated rings. The molecule has 0 spiro atoms. The van der Waals surface area contributed by atoms with Crippen molar-refractivity contribution in [3.05, 3.63) is 22.4 Å². The van der Waals surface area contributed by atoms with Gasteiger partial charge in [0.05, 0.1) is 0 Å². The van der Waals surface area contributed by atoms with Crippen LogP contribution in [0.25, 0.3) is 0 Å². The molecule has 14 heavy (non-hydrogen) atoms. The number of halogens is 1. The van der Waals surface area contributed by atoms with Gasteiger partial charge in [0.15, 0.2) is 0 Å². The van der Waals surface area contributed by atoms with Crippen molar-refractivity contribution in [2.24, 2.45) is 5.92 Å². The van der Waals surface area contributed by atoms with Crippen molar-refractivity contribution in [2.45, 2.75) is 25.4 Å². The summed E-state index contributed by atoms with van der Waals surface area (Å²) in [5.41, 5.74) is 0. The molecule has 1 aliphatic rings. The Bertz CT molecular complexity index is 254. The van der Waals surface area contributed by atoms with Gasteiger partial charge in [0.2, 0.25) is 0 Å². The van der Waals surface area contributed by atoms with Crippen LogP contribution in [0, 0.1) is 5.92 Å². The molecule has 0 radical (unpaired) electrons. The van der Waals surface area contributed by atoms with Crippen LogP contribution in [0.4, 0.5) is 4.39 Å². The molecule has 2 atom stereocenters. The molecule has 0 bridgehead atoms. The lowest BCUT2D eigenvalue weighted by Gasteiger charge is -2.25. The molecule has 2 unspecified atom stereocenters. The molecule has 78 valence electrons. The van der Waals surface area contributed by atoms with Crippen LogP contribution in [0.1, 0.15) is 17.7 Å². The molecular formula is C11H16FNS. The fraction of sp³-hybridized carbons (Fsp3) is 0.636. The summed E-state index contributed by atoms with van der Waals surface area (Å²) >= 11 is 1.65. The van der Waals surface area contributed by atoms with E-state index in [0.717, 1.165) is 25.9 Å². The zero-order valence-corrected chi connectivity index (χ0v) is 9.02. The summed E-state index contributed by atoms with van der Waals surface area (Å²) < 4.78 is 13.8. The molecule has 1 aliphatic heterocycles. The minimum atomic E-state index is -0.665. The maximum atomic E-state index is 13.8. The molecule has 0 saturated carbocycles. The van der Waals surface area contributed by atoms with Crippen LogP contribution in [0.2, 0.25) is 0 Å². The summed E-state index contributed by atoms with van der Waals surface area (Å²) in [6.07, 6.45) is 2.10. The van der Waals surface area contributed by atoms with Gasteiger partial charge >= 0.3 is 0 Å². The van der Waals surface area contributed by atoms with Gasteiger partial charge in [-0.3, -0.25) is 0 Å². The topological polar surface area (TPSA) is 12.0 Å². The van der Waals surface area contributed by atoms with Gasteiger partial charge in [0, 0.05) is 23.8 Å². The normalized spacial score (nSPS) is 24.8. The largest absolute Gasteiger partial charge is 0.316 e. The lowest BCUT2D eigenvalue weighted by atomic mass is 9.93. The van der Waals surface area contributed by atoms with Gasteiger partial charge in [-0.15, -0.1) is 11.3 Å². The number of piperidine rings is 1. The minimum absolute atomic E-state index is 0.228.